The van der Waals surface area contributed by atoms with Crippen molar-refractivity contribution in [3.8, 4) is 5.75 Å². The largest absolute Gasteiger partial charge is 0.491 e. The number of rotatable bonds is 6. The van der Waals surface area contributed by atoms with Crippen LogP contribution in [0.25, 0.3) is 0 Å². The summed E-state index contributed by atoms with van der Waals surface area (Å²) in [7, 11) is 0. The molecule has 0 bridgehead atoms. The van der Waals surface area contributed by atoms with Gasteiger partial charge in [0.1, 0.15) is 5.75 Å². The highest BCUT2D eigenvalue weighted by Crippen LogP contribution is 2.25. The topological polar surface area (TPSA) is 64.3 Å². The summed E-state index contributed by atoms with van der Waals surface area (Å²) in [5.74, 6) is 0.807. The standard InChI is InChI=1S/C15H24N2O2.ClH/c1-10(2)9-19-14-8-6-5-7-13(14)17-15(18)11(3)12(4)16;/h5-8,10-12H,9,16H2,1-4H3,(H,17,18);1H. The van der Waals surface area contributed by atoms with Crippen LogP contribution >= 0.6 is 12.4 Å². The first-order valence-corrected chi connectivity index (χ1v) is 6.70. The lowest BCUT2D eigenvalue weighted by Crippen LogP contribution is -2.34. The van der Waals surface area contributed by atoms with E-state index >= 15 is 0 Å². The Morgan fingerprint density at radius 3 is 2.40 bits per heavy atom. The maximum Gasteiger partial charge on any atom is 0.228 e. The highest BCUT2D eigenvalue weighted by molar-refractivity contribution is 5.94. The second-order valence-electron chi connectivity index (χ2n) is 5.34. The third-order valence-electron chi connectivity index (χ3n) is 2.92. The van der Waals surface area contributed by atoms with Crippen molar-refractivity contribution in [3.63, 3.8) is 0 Å². The summed E-state index contributed by atoms with van der Waals surface area (Å²) in [4.78, 5) is 12.0. The molecule has 0 spiro atoms. The van der Waals surface area contributed by atoms with Gasteiger partial charge >= 0.3 is 0 Å². The van der Waals surface area contributed by atoms with Crippen molar-refractivity contribution in [1.29, 1.82) is 0 Å². The summed E-state index contributed by atoms with van der Waals surface area (Å²) in [6, 6.07) is 7.27. The Morgan fingerprint density at radius 2 is 1.85 bits per heavy atom. The van der Waals surface area contributed by atoms with Gasteiger partial charge in [-0.25, -0.2) is 0 Å². The van der Waals surface area contributed by atoms with E-state index in [-0.39, 0.29) is 30.3 Å². The Kier molecular flexibility index (Phi) is 8.26. The van der Waals surface area contributed by atoms with E-state index in [1.807, 2.05) is 38.1 Å². The highest BCUT2D eigenvalue weighted by Gasteiger charge is 2.18. The Bertz CT molecular complexity index is 422. The Balaban J connectivity index is 0.00000361. The van der Waals surface area contributed by atoms with E-state index in [1.165, 1.54) is 0 Å². The van der Waals surface area contributed by atoms with Gasteiger partial charge in [-0.05, 0) is 25.0 Å². The molecule has 0 saturated heterocycles. The molecule has 5 heteroatoms. The van der Waals surface area contributed by atoms with Crippen molar-refractivity contribution in [2.75, 3.05) is 11.9 Å². The fourth-order valence-corrected chi connectivity index (χ4v) is 1.44. The lowest BCUT2D eigenvalue weighted by atomic mass is 10.0. The summed E-state index contributed by atoms with van der Waals surface area (Å²) in [6.07, 6.45) is 0. The first-order chi connectivity index (χ1) is 8.91. The van der Waals surface area contributed by atoms with Crippen LogP contribution in [0.5, 0.6) is 5.75 Å². The average molecular weight is 301 g/mol. The predicted molar refractivity (Wildman–Crippen MR) is 85.5 cm³/mol. The van der Waals surface area contributed by atoms with Crippen molar-refractivity contribution in [2.24, 2.45) is 17.6 Å². The number of halogens is 1. The third kappa shape index (κ3) is 5.80. The van der Waals surface area contributed by atoms with Crippen LogP contribution in [0.1, 0.15) is 27.7 Å². The minimum absolute atomic E-state index is 0. The fourth-order valence-electron chi connectivity index (χ4n) is 1.44. The van der Waals surface area contributed by atoms with Crippen molar-refractivity contribution < 1.29 is 9.53 Å². The van der Waals surface area contributed by atoms with Gasteiger partial charge in [0.25, 0.3) is 0 Å². The number of nitrogens with one attached hydrogen (secondary N) is 1. The number of nitrogens with two attached hydrogens (primary N) is 1. The minimum Gasteiger partial charge on any atom is -0.491 e. The van der Waals surface area contributed by atoms with E-state index in [0.29, 0.717) is 24.0 Å². The van der Waals surface area contributed by atoms with Crippen LogP contribution in [-0.2, 0) is 4.79 Å². The van der Waals surface area contributed by atoms with Crippen LogP contribution in [0.2, 0.25) is 0 Å². The van der Waals surface area contributed by atoms with Crippen LogP contribution in [0.3, 0.4) is 0 Å². The number of carbonyl (C=O) groups is 1. The lowest BCUT2D eigenvalue weighted by Gasteiger charge is -2.18. The summed E-state index contributed by atoms with van der Waals surface area (Å²) in [5.41, 5.74) is 6.43. The molecule has 0 aliphatic carbocycles. The van der Waals surface area contributed by atoms with Crippen molar-refractivity contribution >= 4 is 24.0 Å². The minimum atomic E-state index is -0.238. The SMILES string of the molecule is CC(C)COc1ccccc1NC(=O)C(C)C(C)N.Cl. The third-order valence-corrected chi connectivity index (χ3v) is 2.92. The molecule has 0 heterocycles. The smallest absolute Gasteiger partial charge is 0.228 e. The van der Waals surface area contributed by atoms with E-state index in [0.717, 1.165) is 0 Å². The van der Waals surface area contributed by atoms with Gasteiger partial charge in [0.05, 0.1) is 18.2 Å². The van der Waals surface area contributed by atoms with Crippen LogP contribution < -0.4 is 15.8 Å². The van der Waals surface area contributed by atoms with Gasteiger partial charge in [-0.2, -0.15) is 0 Å². The number of ether oxygens (including phenoxy) is 1. The molecule has 1 aromatic carbocycles. The van der Waals surface area contributed by atoms with Crippen LogP contribution in [0, 0.1) is 11.8 Å². The first-order valence-electron chi connectivity index (χ1n) is 6.70. The van der Waals surface area contributed by atoms with Gasteiger partial charge in [-0.15, -0.1) is 12.4 Å². The number of anilines is 1. The zero-order valence-electron chi connectivity index (χ0n) is 12.6. The Labute approximate surface area is 127 Å². The van der Waals surface area contributed by atoms with E-state index in [4.69, 9.17) is 10.5 Å². The number of hydrogen-bond donors (Lipinski definition) is 2. The molecule has 1 amide bonds. The zero-order chi connectivity index (χ0) is 14.4. The molecule has 2 unspecified atom stereocenters. The summed E-state index contributed by atoms with van der Waals surface area (Å²) in [6.45, 7) is 8.43. The first kappa shape index (κ1) is 18.7. The van der Waals surface area contributed by atoms with Gasteiger partial charge in [0.2, 0.25) is 5.91 Å². The van der Waals surface area contributed by atoms with E-state index < -0.39 is 0 Å². The molecule has 1 rings (SSSR count). The molecule has 0 fully saturated rings. The Hall–Kier alpha value is -1.26. The summed E-state index contributed by atoms with van der Waals surface area (Å²) in [5, 5.41) is 2.87. The van der Waals surface area contributed by atoms with E-state index in [1.54, 1.807) is 0 Å². The van der Waals surface area contributed by atoms with Gasteiger partial charge in [0.15, 0.2) is 0 Å². The molecule has 3 N–H and O–H groups in total. The second-order valence-corrected chi connectivity index (χ2v) is 5.34. The number of hydrogen-bond acceptors (Lipinski definition) is 3. The molecule has 0 aromatic heterocycles. The molecule has 0 aliphatic rings. The summed E-state index contributed by atoms with van der Waals surface area (Å²) >= 11 is 0. The molecule has 114 valence electrons. The molecule has 0 saturated carbocycles. The molecule has 0 radical (unpaired) electrons. The van der Waals surface area contributed by atoms with Crippen molar-refractivity contribution in [2.45, 2.75) is 33.7 Å². The zero-order valence-corrected chi connectivity index (χ0v) is 13.4. The monoisotopic (exact) mass is 300 g/mol. The number of para-hydroxylation sites is 2. The molecule has 1 aromatic rings. The number of benzene rings is 1. The number of carbonyl (C=O) groups excluding carboxylic acids is 1. The molecule has 0 aliphatic heterocycles. The van der Waals surface area contributed by atoms with Crippen molar-refractivity contribution in [3.05, 3.63) is 24.3 Å². The molecule has 20 heavy (non-hydrogen) atoms. The van der Waals surface area contributed by atoms with E-state index in [9.17, 15) is 4.79 Å². The average Bonchev–Trinajstić information content (AvgIpc) is 2.36. The molecule has 2 atom stereocenters. The van der Waals surface area contributed by atoms with E-state index in [2.05, 4.69) is 19.2 Å². The quantitative estimate of drug-likeness (QED) is 0.848. The highest BCUT2D eigenvalue weighted by atomic mass is 35.5. The lowest BCUT2D eigenvalue weighted by molar-refractivity contribution is -0.119. The predicted octanol–water partition coefficient (Wildman–Crippen LogP) is 3.07. The Morgan fingerprint density at radius 1 is 1.25 bits per heavy atom. The van der Waals surface area contributed by atoms with Crippen molar-refractivity contribution in [1.82, 2.24) is 0 Å². The fraction of sp³-hybridized carbons (Fsp3) is 0.533. The van der Waals surface area contributed by atoms with Crippen LogP contribution in [0.15, 0.2) is 24.3 Å². The molecule has 4 nitrogen and oxygen atoms in total. The van der Waals surface area contributed by atoms with Crippen LogP contribution in [0.4, 0.5) is 5.69 Å². The maximum atomic E-state index is 12.0. The summed E-state index contributed by atoms with van der Waals surface area (Å²) < 4.78 is 5.69. The number of amides is 1. The normalized spacial score (nSPS) is 13.3. The van der Waals surface area contributed by atoms with Gasteiger partial charge < -0.3 is 15.8 Å². The molecular weight excluding hydrogens is 276 g/mol. The maximum absolute atomic E-state index is 12.0. The molecular formula is C15H25ClN2O2. The van der Waals surface area contributed by atoms with Gasteiger partial charge in [-0.1, -0.05) is 32.9 Å². The second kappa shape index (κ2) is 8.82. The van der Waals surface area contributed by atoms with Gasteiger partial charge in [0, 0.05) is 6.04 Å². The van der Waals surface area contributed by atoms with Crippen LogP contribution in [-0.4, -0.2) is 18.6 Å². The van der Waals surface area contributed by atoms with Gasteiger partial charge in [-0.3, -0.25) is 4.79 Å².